The Hall–Kier alpha value is -2.19. The number of urea groups is 1. The van der Waals surface area contributed by atoms with Gasteiger partial charge >= 0.3 is 6.03 Å². The molecule has 1 heterocycles. The molecule has 0 aliphatic carbocycles. The molecule has 3 N–H and O–H groups in total. The standard InChI is InChI=1S/C15H16F2N2O3S/c1-22-14-10(16)7-9(8-11(14)17)18-15(21)19-12(4-5-20)13-3-2-6-23-13/h2-3,6-8,12,20H,4-5H2,1H3,(H2,18,19,21)/t12-/m1/s1. The average molecular weight is 342 g/mol. The molecular formula is C15H16F2N2O3S. The van der Waals surface area contributed by atoms with Crippen LogP contribution in [-0.2, 0) is 0 Å². The molecule has 1 aromatic carbocycles. The summed E-state index contributed by atoms with van der Waals surface area (Å²) >= 11 is 1.44. The molecule has 2 aromatic rings. The smallest absolute Gasteiger partial charge is 0.319 e. The minimum Gasteiger partial charge on any atom is -0.491 e. The number of thiophene rings is 1. The molecule has 0 radical (unpaired) electrons. The number of benzene rings is 1. The van der Waals surface area contributed by atoms with E-state index in [1.807, 2.05) is 17.5 Å². The molecule has 0 bridgehead atoms. The maximum absolute atomic E-state index is 13.6. The van der Waals surface area contributed by atoms with Crippen molar-refractivity contribution in [1.29, 1.82) is 0 Å². The second kappa shape index (κ2) is 7.89. The number of aliphatic hydroxyl groups is 1. The van der Waals surface area contributed by atoms with Gasteiger partial charge in [-0.25, -0.2) is 13.6 Å². The van der Waals surface area contributed by atoms with Crippen LogP contribution in [0.4, 0.5) is 19.3 Å². The fourth-order valence-corrected chi connectivity index (χ4v) is 2.87. The molecule has 0 aliphatic heterocycles. The van der Waals surface area contributed by atoms with E-state index in [1.165, 1.54) is 11.3 Å². The second-order valence-electron chi connectivity index (χ2n) is 4.65. The summed E-state index contributed by atoms with van der Waals surface area (Å²) in [7, 11) is 1.15. The fourth-order valence-electron chi connectivity index (χ4n) is 2.06. The number of ether oxygens (including phenoxy) is 1. The number of amides is 2. The molecule has 124 valence electrons. The number of nitrogens with one attached hydrogen (secondary N) is 2. The lowest BCUT2D eigenvalue weighted by Crippen LogP contribution is -2.32. The van der Waals surface area contributed by atoms with Crippen molar-refractivity contribution in [2.24, 2.45) is 0 Å². The van der Waals surface area contributed by atoms with E-state index in [0.29, 0.717) is 6.42 Å². The quantitative estimate of drug-likeness (QED) is 0.754. The van der Waals surface area contributed by atoms with Crippen LogP contribution in [0.15, 0.2) is 29.6 Å². The molecular weight excluding hydrogens is 326 g/mol. The molecule has 0 unspecified atom stereocenters. The SMILES string of the molecule is COc1c(F)cc(NC(=O)N[C@H](CCO)c2cccs2)cc1F. The number of carbonyl (C=O) groups is 1. The Morgan fingerprint density at radius 1 is 1.39 bits per heavy atom. The summed E-state index contributed by atoms with van der Waals surface area (Å²) in [6, 6.07) is 4.59. The summed E-state index contributed by atoms with van der Waals surface area (Å²) < 4.78 is 31.8. The van der Waals surface area contributed by atoms with E-state index in [1.54, 1.807) is 0 Å². The number of rotatable bonds is 6. The first-order valence-electron chi connectivity index (χ1n) is 6.80. The molecule has 0 aliphatic rings. The third-order valence-electron chi connectivity index (χ3n) is 3.07. The number of hydrogen-bond acceptors (Lipinski definition) is 4. The van der Waals surface area contributed by atoms with Crippen LogP contribution in [0.25, 0.3) is 0 Å². The van der Waals surface area contributed by atoms with E-state index in [4.69, 9.17) is 5.11 Å². The van der Waals surface area contributed by atoms with Gasteiger partial charge in [-0.1, -0.05) is 6.07 Å². The Morgan fingerprint density at radius 2 is 2.09 bits per heavy atom. The van der Waals surface area contributed by atoms with Crippen molar-refractivity contribution in [1.82, 2.24) is 5.32 Å². The Labute approximate surface area is 135 Å². The van der Waals surface area contributed by atoms with Crippen molar-refractivity contribution in [3.8, 4) is 5.75 Å². The summed E-state index contributed by atoms with van der Waals surface area (Å²) in [5.41, 5.74) is -0.0350. The molecule has 5 nitrogen and oxygen atoms in total. The molecule has 2 amide bonds. The zero-order chi connectivity index (χ0) is 16.8. The largest absolute Gasteiger partial charge is 0.491 e. The van der Waals surface area contributed by atoms with Crippen molar-refractivity contribution in [3.05, 3.63) is 46.2 Å². The maximum atomic E-state index is 13.6. The Balaban J connectivity index is 2.06. The number of carbonyl (C=O) groups excluding carboxylic acids is 1. The average Bonchev–Trinajstić information content (AvgIpc) is 3.00. The lowest BCUT2D eigenvalue weighted by molar-refractivity contribution is 0.239. The van der Waals surface area contributed by atoms with E-state index in [2.05, 4.69) is 15.4 Å². The van der Waals surface area contributed by atoms with Gasteiger partial charge in [-0.15, -0.1) is 11.3 Å². The molecule has 23 heavy (non-hydrogen) atoms. The highest BCUT2D eigenvalue weighted by atomic mass is 32.1. The molecule has 0 saturated heterocycles. The van der Waals surface area contributed by atoms with Crippen molar-refractivity contribution >= 4 is 23.1 Å². The highest BCUT2D eigenvalue weighted by Gasteiger charge is 2.17. The number of anilines is 1. The van der Waals surface area contributed by atoms with E-state index in [9.17, 15) is 13.6 Å². The highest BCUT2D eigenvalue weighted by molar-refractivity contribution is 7.10. The molecule has 8 heteroatoms. The first-order chi connectivity index (χ1) is 11.0. The van der Waals surface area contributed by atoms with Gasteiger partial charge in [0.25, 0.3) is 0 Å². The Morgan fingerprint density at radius 3 is 2.61 bits per heavy atom. The predicted molar refractivity (Wildman–Crippen MR) is 83.8 cm³/mol. The van der Waals surface area contributed by atoms with E-state index >= 15 is 0 Å². The number of methoxy groups -OCH3 is 1. The Kier molecular flexibility index (Phi) is 5.89. The first kappa shape index (κ1) is 17.2. The summed E-state index contributed by atoms with van der Waals surface area (Å²) in [5, 5.41) is 16.0. The van der Waals surface area contributed by atoms with Crippen LogP contribution >= 0.6 is 11.3 Å². The van der Waals surface area contributed by atoms with Crippen LogP contribution in [0.2, 0.25) is 0 Å². The van der Waals surface area contributed by atoms with Crippen molar-refractivity contribution < 1.29 is 23.4 Å². The summed E-state index contributed by atoms with van der Waals surface area (Å²) in [4.78, 5) is 12.9. The molecule has 0 saturated carbocycles. The molecule has 2 rings (SSSR count). The van der Waals surface area contributed by atoms with Crippen LogP contribution in [0.1, 0.15) is 17.3 Å². The van der Waals surface area contributed by atoms with Crippen LogP contribution in [-0.4, -0.2) is 24.9 Å². The zero-order valence-corrected chi connectivity index (χ0v) is 13.1. The highest BCUT2D eigenvalue weighted by Crippen LogP contribution is 2.26. The van der Waals surface area contributed by atoms with E-state index < -0.39 is 23.4 Å². The minimum atomic E-state index is -0.909. The predicted octanol–water partition coefficient (Wildman–Crippen LogP) is 3.28. The van der Waals surface area contributed by atoms with Gasteiger partial charge in [0.05, 0.1) is 13.2 Å². The topological polar surface area (TPSA) is 70.6 Å². The summed E-state index contributed by atoms with van der Waals surface area (Å²) in [5.74, 6) is -2.33. The fraction of sp³-hybridized carbons (Fsp3) is 0.267. The maximum Gasteiger partial charge on any atom is 0.319 e. The third-order valence-corrected chi connectivity index (χ3v) is 4.06. The Bertz CT molecular complexity index is 642. The van der Waals surface area contributed by atoms with Crippen molar-refractivity contribution in [2.45, 2.75) is 12.5 Å². The van der Waals surface area contributed by atoms with Gasteiger partial charge in [0, 0.05) is 29.3 Å². The van der Waals surface area contributed by atoms with Gasteiger partial charge in [-0.3, -0.25) is 0 Å². The molecule has 0 fully saturated rings. The van der Waals surface area contributed by atoms with Gasteiger partial charge in [0.15, 0.2) is 17.4 Å². The van der Waals surface area contributed by atoms with Gasteiger partial charge in [0.1, 0.15) is 0 Å². The van der Waals surface area contributed by atoms with Gasteiger partial charge < -0.3 is 20.5 Å². The van der Waals surface area contributed by atoms with Crippen LogP contribution < -0.4 is 15.4 Å². The number of hydrogen-bond donors (Lipinski definition) is 3. The van der Waals surface area contributed by atoms with Crippen LogP contribution in [0, 0.1) is 11.6 Å². The lowest BCUT2D eigenvalue weighted by atomic mass is 10.2. The van der Waals surface area contributed by atoms with Crippen molar-refractivity contribution in [3.63, 3.8) is 0 Å². The third kappa shape index (κ3) is 4.40. The first-order valence-corrected chi connectivity index (χ1v) is 7.68. The summed E-state index contributed by atoms with van der Waals surface area (Å²) in [6.45, 7) is -0.103. The van der Waals surface area contributed by atoms with Gasteiger partial charge in [-0.2, -0.15) is 0 Å². The number of halogens is 2. The normalized spacial score (nSPS) is 11.8. The van der Waals surface area contributed by atoms with E-state index in [-0.39, 0.29) is 18.3 Å². The van der Waals surface area contributed by atoms with Gasteiger partial charge in [0.2, 0.25) is 0 Å². The number of aliphatic hydroxyl groups excluding tert-OH is 1. The van der Waals surface area contributed by atoms with E-state index in [0.717, 1.165) is 24.1 Å². The zero-order valence-electron chi connectivity index (χ0n) is 12.3. The van der Waals surface area contributed by atoms with Gasteiger partial charge in [-0.05, 0) is 17.9 Å². The van der Waals surface area contributed by atoms with Crippen LogP contribution in [0.5, 0.6) is 5.75 Å². The van der Waals surface area contributed by atoms with Crippen LogP contribution in [0.3, 0.4) is 0 Å². The molecule has 1 atom stereocenters. The molecule has 1 aromatic heterocycles. The summed E-state index contributed by atoms with van der Waals surface area (Å²) in [6.07, 6.45) is 0.333. The monoisotopic (exact) mass is 342 g/mol. The lowest BCUT2D eigenvalue weighted by Gasteiger charge is -2.17. The van der Waals surface area contributed by atoms with Crippen molar-refractivity contribution in [2.75, 3.05) is 19.0 Å². The second-order valence-corrected chi connectivity index (χ2v) is 5.63. The molecule has 0 spiro atoms. The minimum absolute atomic E-state index is 0.0350.